The molecule has 2 atom stereocenters. The van der Waals surface area contributed by atoms with Crippen molar-refractivity contribution in [3.8, 4) is 0 Å². The van der Waals surface area contributed by atoms with Crippen molar-refractivity contribution < 1.29 is 19.5 Å². The molecule has 5 N–H and O–H groups in total. The highest BCUT2D eigenvalue weighted by molar-refractivity contribution is 5.83. The van der Waals surface area contributed by atoms with Crippen molar-refractivity contribution in [2.45, 2.75) is 70.9 Å². The highest BCUT2D eigenvalue weighted by atomic mass is 16.4. The monoisotopic (exact) mass is 301 g/mol. The molecule has 7 heteroatoms. The van der Waals surface area contributed by atoms with E-state index in [0.29, 0.717) is 0 Å². The summed E-state index contributed by atoms with van der Waals surface area (Å²) in [5.74, 6) is -1.77. The maximum Gasteiger partial charge on any atom is 0.326 e. The standard InChI is InChI=1S/C14H27N3O4/c1-3-4-5-6-7-10(2)16-14(21)17-11(13(19)20)8-9-12(15)18/h10-11H,3-9H2,1-2H3,(H2,15,18)(H,19,20)(H2,16,17,21)/t10?,11-/m0/s1. The molecule has 0 fully saturated rings. The summed E-state index contributed by atoms with van der Waals surface area (Å²) in [4.78, 5) is 33.3. The molecule has 0 aliphatic heterocycles. The summed E-state index contributed by atoms with van der Waals surface area (Å²) in [7, 11) is 0. The van der Waals surface area contributed by atoms with Crippen LogP contribution >= 0.6 is 0 Å². The Balaban J connectivity index is 4.06. The third-order valence-corrected chi connectivity index (χ3v) is 3.15. The van der Waals surface area contributed by atoms with Crippen molar-refractivity contribution in [1.29, 1.82) is 0 Å². The number of carboxylic acid groups (broad SMARTS) is 1. The molecule has 0 spiro atoms. The van der Waals surface area contributed by atoms with Crippen LogP contribution in [0.4, 0.5) is 4.79 Å². The average molecular weight is 301 g/mol. The number of hydrogen-bond acceptors (Lipinski definition) is 3. The van der Waals surface area contributed by atoms with Gasteiger partial charge in [0.1, 0.15) is 6.04 Å². The lowest BCUT2D eigenvalue weighted by molar-refractivity contribution is -0.139. The van der Waals surface area contributed by atoms with Crippen LogP contribution in [0.2, 0.25) is 0 Å². The Morgan fingerprint density at radius 1 is 1.10 bits per heavy atom. The van der Waals surface area contributed by atoms with Crippen molar-refractivity contribution >= 4 is 17.9 Å². The molecule has 7 nitrogen and oxygen atoms in total. The lowest BCUT2D eigenvalue weighted by Crippen LogP contribution is -2.48. The molecule has 0 saturated carbocycles. The first-order chi connectivity index (χ1) is 9.86. The fourth-order valence-corrected chi connectivity index (χ4v) is 1.92. The van der Waals surface area contributed by atoms with Gasteiger partial charge in [-0.2, -0.15) is 0 Å². The third-order valence-electron chi connectivity index (χ3n) is 3.15. The topological polar surface area (TPSA) is 122 Å². The molecule has 0 heterocycles. The maximum atomic E-state index is 11.7. The van der Waals surface area contributed by atoms with Crippen LogP contribution in [-0.4, -0.2) is 35.1 Å². The van der Waals surface area contributed by atoms with E-state index < -0.39 is 23.9 Å². The van der Waals surface area contributed by atoms with Crippen molar-refractivity contribution in [3.05, 3.63) is 0 Å². The first kappa shape index (κ1) is 19.2. The number of aliphatic carboxylic acids is 1. The van der Waals surface area contributed by atoms with Crippen LogP contribution in [0.25, 0.3) is 0 Å². The van der Waals surface area contributed by atoms with Crippen molar-refractivity contribution in [3.63, 3.8) is 0 Å². The van der Waals surface area contributed by atoms with E-state index in [1.165, 1.54) is 6.42 Å². The second-order valence-corrected chi connectivity index (χ2v) is 5.26. The molecular weight excluding hydrogens is 274 g/mol. The van der Waals surface area contributed by atoms with Gasteiger partial charge in [0, 0.05) is 12.5 Å². The van der Waals surface area contributed by atoms with Crippen molar-refractivity contribution in [1.82, 2.24) is 10.6 Å². The lowest BCUT2D eigenvalue weighted by Gasteiger charge is -2.18. The largest absolute Gasteiger partial charge is 0.480 e. The van der Waals surface area contributed by atoms with Gasteiger partial charge < -0.3 is 21.5 Å². The molecule has 0 bridgehead atoms. The zero-order valence-electron chi connectivity index (χ0n) is 12.9. The Morgan fingerprint density at radius 3 is 2.29 bits per heavy atom. The van der Waals surface area contributed by atoms with Crippen LogP contribution in [0.5, 0.6) is 0 Å². The number of urea groups is 1. The van der Waals surface area contributed by atoms with Crippen LogP contribution in [0.1, 0.15) is 58.8 Å². The molecule has 0 aromatic rings. The van der Waals surface area contributed by atoms with E-state index in [0.717, 1.165) is 25.7 Å². The van der Waals surface area contributed by atoms with Gasteiger partial charge in [-0.25, -0.2) is 9.59 Å². The van der Waals surface area contributed by atoms with Crippen LogP contribution in [0, 0.1) is 0 Å². The van der Waals surface area contributed by atoms with E-state index in [-0.39, 0.29) is 18.9 Å². The molecule has 0 aliphatic carbocycles. The second kappa shape index (κ2) is 10.9. The SMILES string of the molecule is CCCCCCC(C)NC(=O)N[C@@H](CCC(N)=O)C(=O)O. The molecule has 0 aromatic carbocycles. The Hall–Kier alpha value is -1.79. The number of amides is 3. The number of unbranched alkanes of at least 4 members (excludes halogenated alkanes) is 3. The van der Waals surface area contributed by atoms with Gasteiger partial charge in [0.2, 0.25) is 5.91 Å². The lowest BCUT2D eigenvalue weighted by atomic mass is 10.1. The first-order valence-corrected chi connectivity index (χ1v) is 7.45. The number of nitrogens with two attached hydrogens (primary N) is 1. The van der Waals surface area contributed by atoms with Gasteiger partial charge in [-0.3, -0.25) is 4.79 Å². The van der Waals surface area contributed by atoms with E-state index >= 15 is 0 Å². The number of carboxylic acids is 1. The third kappa shape index (κ3) is 10.6. The van der Waals surface area contributed by atoms with Crippen molar-refractivity contribution in [2.24, 2.45) is 5.73 Å². The summed E-state index contributed by atoms with van der Waals surface area (Å²) in [5.41, 5.74) is 4.97. The number of primary amides is 1. The molecule has 0 saturated heterocycles. The molecule has 0 radical (unpaired) electrons. The summed E-state index contributed by atoms with van der Waals surface area (Å²) in [6.45, 7) is 4.01. The zero-order valence-corrected chi connectivity index (χ0v) is 12.9. The van der Waals surface area contributed by atoms with Gasteiger partial charge in [-0.15, -0.1) is 0 Å². The summed E-state index contributed by atoms with van der Waals surface area (Å²) in [6, 6.07) is -1.66. The number of nitrogens with one attached hydrogen (secondary N) is 2. The van der Waals surface area contributed by atoms with E-state index in [9.17, 15) is 14.4 Å². The molecule has 0 aromatic heterocycles. The van der Waals surface area contributed by atoms with Crippen molar-refractivity contribution in [2.75, 3.05) is 0 Å². The minimum Gasteiger partial charge on any atom is -0.480 e. The summed E-state index contributed by atoms with van der Waals surface area (Å²) in [6.07, 6.45) is 5.24. The summed E-state index contributed by atoms with van der Waals surface area (Å²) < 4.78 is 0. The molecule has 1 unspecified atom stereocenters. The zero-order chi connectivity index (χ0) is 16.3. The fraction of sp³-hybridized carbons (Fsp3) is 0.786. The fourth-order valence-electron chi connectivity index (χ4n) is 1.92. The quantitative estimate of drug-likeness (QED) is 0.430. The predicted molar refractivity (Wildman–Crippen MR) is 79.7 cm³/mol. The smallest absolute Gasteiger partial charge is 0.326 e. The highest BCUT2D eigenvalue weighted by Crippen LogP contribution is 2.05. The van der Waals surface area contributed by atoms with Gasteiger partial charge in [0.05, 0.1) is 0 Å². The maximum absolute atomic E-state index is 11.7. The second-order valence-electron chi connectivity index (χ2n) is 5.26. The Bertz CT molecular complexity index is 347. The molecule has 0 rings (SSSR count). The van der Waals surface area contributed by atoms with Crippen LogP contribution in [-0.2, 0) is 9.59 Å². The van der Waals surface area contributed by atoms with E-state index in [2.05, 4.69) is 17.6 Å². The van der Waals surface area contributed by atoms with E-state index in [1.54, 1.807) is 0 Å². The minimum atomic E-state index is -1.18. The number of rotatable bonds is 11. The summed E-state index contributed by atoms with van der Waals surface area (Å²) >= 11 is 0. The van der Waals surface area contributed by atoms with E-state index in [4.69, 9.17) is 10.8 Å². The Morgan fingerprint density at radius 2 is 1.76 bits per heavy atom. The van der Waals surface area contributed by atoms with E-state index in [1.807, 2.05) is 6.92 Å². The van der Waals surface area contributed by atoms with Gasteiger partial charge in [-0.1, -0.05) is 32.6 Å². The minimum absolute atomic E-state index is 0.0109. The highest BCUT2D eigenvalue weighted by Gasteiger charge is 2.21. The first-order valence-electron chi connectivity index (χ1n) is 7.45. The van der Waals surface area contributed by atoms with Gasteiger partial charge >= 0.3 is 12.0 Å². The molecular formula is C14H27N3O4. The van der Waals surface area contributed by atoms with Gasteiger partial charge in [-0.05, 0) is 19.8 Å². The van der Waals surface area contributed by atoms with Gasteiger partial charge in [0.15, 0.2) is 0 Å². The van der Waals surface area contributed by atoms with Crippen LogP contribution in [0.3, 0.4) is 0 Å². The molecule has 21 heavy (non-hydrogen) atoms. The predicted octanol–water partition coefficient (Wildman–Crippen LogP) is 1.36. The molecule has 3 amide bonds. The normalized spacial score (nSPS) is 13.2. The van der Waals surface area contributed by atoms with Gasteiger partial charge in [0.25, 0.3) is 0 Å². The average Bonchev–Trinajstić information content (AvgIpc) is 2.39. The Labute approximate surface area is 125 Å². The number of carbonyl (C=O) groups excluding carboxylic acids is 2. The number of hydrogen-bond donors (Lipinski definition) is 4. The Kier molecular flexibility index (Phi) is 10.0. The molecule has 0 aliphatic rings. The summed E-state index contributed by atoms with van der Waals surface area (Å²) in [5, 5.41) is 14.0. The van der Waals surface area contributed by atoms with Crippen LogP contribution < -0.4 is 16.4 Å². The number of carbonyl (C=O) groups is 3. The molecule has 122 valence electrons. The van der Waals surface area contributed by atoms with Crippen LogP contribution in [0.15, 0.2) is 0 Å².